The molecule has 0 aliphatic heterocycles. The van der Waals surface area contributed by atoms with E-state index >= 15 is 0 Å². The van der Waals surface area contributed by atoms with Crippen LogP contribution in [0.15, 0.2) is 0 Å². The van der Waals surface area contributed by atoms with Crippen molar-refractivity contribution in [3.63, 3.8) is 0 Å². The summed E-state index contributed by atoms with van der Waals surface area (Å²) in [5.74, 6) is -1.18. The molecule has 1 aliphatic carbocycles. The molecular formula is C5H9ClN2O2. The van der Waals surface area contributed by atoms with Crippen LogP contribution in [0, 0.1) is 10.8 Å². The van der Waals surface area contributed by atoms with Gasteiger partial charge in [0, 0.05) is 0 Å². The molecule has 0 radical (unpaired) electrons. The topological polar surface area (TPSA) is 87.2 Å². The molecule has 1 aliphatic rings. The van der Waals surface area contributed by atoms with E-state index in [0.717, 1.165) is 0 Å². The van der Waals surface area contributed by atoms with Crippen molar-refractivity contribution in [2.45, 2.75) is 12.8 Å². The van der Waals surface area contributed by atoms with Crippen LogP contribution in [0.2, 0.25) is 0 Å². The number of aliphatic carboxylic acids is 1. The van der Waals surface area contributed by atoms with Gasteiger partial charge >= 0.3 is 5.97 Å². The highest BCUT2D eigenvalue weighted by atomic mass is 35.5. The van der Waals surface area contributed by atoms with Gasteiger partial charge in [-0.15, -0.1) is 12.4 Å². The molecule has 0 aromatic heterocycles. The summed E-state index contributed by atoms with van der Waals surface area (Å²) in [6.07, 6.45) is 1.05. The minimum absolute atomic E-state index is 0. The Morgan fingerprint density at radius 1 is 1.60 bits per heavy atom. The Labute approximate surface area is 64.3 Å². The minimum Gasteiger partial charge on any atom is -0.480 e. The average molecular weight is 165 g/mol. The summed E-state index contributed by atoms with van der Waals surface area (Å²) >= 11 is 0. The van der Waals surface area contributed by atoms with E-state index in [1.807, 2.05) is 0 Å². The Morgan fingerprint density at radius 2 is 2.00 bits per heavy atom. The van der Waals surface area contributed by atoms with Gasteiger partial charge in [0.2, 0.25) is 0 Å². The fraction of sp³-hybridized carbons (Fsp3) is 0.600. The SMILES string of the molecule is Cl.N=C(N)C1(C(=O)O)CC1. The Hall–Kier alpha value is -0.770. The molecule has 0 aromatic carbocycles. The van der Waals surface area contributed by atoms with Gasteiger partial charge in [0.05, 0.1) is 0 Å². The molecule has 4 nitrogen and oxygen atoms in total. The summed E-state index contributed by atoms with van der Waals surface area (Å²) < 4.78 is 0. The number of hydrogen-bond acceptors (Lipinski definition) is 2. The predicted octanol–water partition coefficient (Wildman–Crippen LogP) is 0.209. The van der Waals surface area contributed by atoms with Gasteiger partial charge in [0.15, 0.2) is 0 Å². The van der Waals surface area contributed by atoms with E-state index in [1.165, 1.54) is 0 Å². The molecule has 1 saturated carbocycles. The Morgan fingerprint density at radius 3 is 2.00 bits per heavy atom. The Kier molecular flexibility index (Phi) is 2.27. The quantitative estimate of drug-likeness (QED) is 0.403. The van der Waals surface area contributed by atoms with Crippen LogP contribution in [0.25, 0.3) is 0 Å². The number of nitrogens with one attached hydrogen (secondary N) is 1. The van der Waals surface area contributed by atoms with Crippen molar-refractivity contribution in [2.75, 3.05) is 0 Å². The van der Waals surface area contributed by atoms with Gasteiger partial charge in [-0.1, -0.05) is 0 Å². The molecule has 58 valence electrons. The first kappa shape index (κ1) is 9.23. The van der Waals surface area contributed by atoms with Crippen molar-refractivity contribution in [3.05, 3.63) is 0 Å². The lowest BCUT2D eigenvalue weighted by Crippen LogP contribution is -2.31. The van der Waals surface area contributed by atoms with Crippen molar-refractivity contribution >= 4 is 24.2 Å². The zero-order valence-electron chi connectivity index (χ0n) is 5.26. The van der Waals surface area contributed by atoms with Gasteiger partial charge < -0.3 is 10.8 Å². The van der Waals surface area contributed by atoms with E-state index in [4.69, 9.17) is 16.2 Å². The van der Waals surface area contributed by atoms with Crippen LogP contribution in [-0.4, -0.2) is 16.9 Å². The number of amidine groups is 1. The molecule has 0 spiro atoms. The molecule has 0 saturated heterocycles. The normalized spacial score (nSPS) is 18.8. The molecule has 0 bridgehead atoms. The van der Waals surface area contributed by atoms with Crippen molar-refractivity contribution in [2.24, 2.45) is 11.1 Å². The number of halogens is 1. The summed E-state index contributed by atoms with van der Waals surface area (Å²) in [5.41, 5.74) is 4.06. The molecule has 0 heterocycles. The third-order valence-corrected chi connectivity index (χ3v) is 1.67. The minimum atomic E-state index is -0.972. The van der Waals surface area contributed by atoms with Crippen molar-refractivity contribution < 1.29 is 9.90 Å². The molecule has 1 fully saturated rings. The second-order valence-electron chi connectivity index (χ2n) is 2.30. The van der Waals surface area contributed by atoms with Crippen molar-refractivity contribution in [3.8, 4) is 0 Å². The van der Waals surface area contributed by atoms with Gasteiger partial charge in [-0.25, -0.2) is 0 Å². The van der Waals surface area contributed by atoms with E-state index in [-0.39, 0.29) is 18.2 Å². The maximum absolute atomic E-state index is 10.3. The predicted molar refractivity (Wildman–Crippen MR) is 38.5 cm³/mol. The van der Waals surface area contributed by atoms with Gasteiger partial charge in [-0.05, 0) is 12.8 Å². The fourth-order valence-corrected chi connectivity index (χ4v) is 0.723. The molecule has 0 atom stereocenters. The molecule has 0 aromatic rings. The lowest BCUT2D eigenvalue weighted by Gasteiger charge is -2.04. The molecular weight excluding hydrogens is 156 g/mol. The van der Waals surface area contributed by atoms with Crippen molar-refractivity contribution in [1.82, 2.24) is 0 Å². The first-order valence-corrected chi connectivity index (χ1v) is 2.67. The van der Waals surface area contributed by atoms with E-state index in [0.29, 0.717) is 12.8 Å². The Balaban J connectivity index is 0.000000810. The first-order chi connectivity index (χ1) is 4.09. The van der Waals surface area contributed by atoms with E-state index in [2.05, 4.69) is 0 Å². The maximum atomic E-state index is 10.3. The van der Waals surface area contributed by atoms with Crippen LogP contribution in [0.4, 0.5) is 0 Å². The number of carbonyl (C=O) groups is 1. The zero-order valence-corrected chi connectivity index (χ0v) is 6.07. The molecule has 5 heteroatoms. The van der Waals surface area contributed by atoms with E-state index in [1.54, 1.807) is 0 Å². The largest absolute Gasteiger partial charge is 0.480 e. The van der Waals surface area contributed by atoms with E-state index < -0.39 is 11.4 Å². The van der Waals surface area contributed by atoms with Crippen LogP contribution in [0.3, 0.4) is 0 Å². The maximum Gasteiger partial charge on any atom is 0.317 e. The molecule has 0 unspecified atom stereocenters. The highest BCUT2D eigenvalue weighted by Crippen LogP contribution is 2.45. The lowest BCUT2D eigenvalue weighted by atomic mass is 10.1. The first-order valence-electron chi connectivity index (χ1n) is 2.67. The molecule has 0 amide bonds. The Bertz CT molecular complexity index is 160. The van der Waals surface area contributed by atoms with Crippen LogP contribution in [-0.2, 0) is 4.79 Å². The highest BCUT2D eigenvalue weighted by molar-refractivity contribution is 6.05. The summed E-state index contributed by atoms with van der Waals surface area (Å²) in [6.45, 7) is 0. The third-order valence-electron chi connectivity index (χ3n) is 1.67. The summed E-state index contributed by atoms with van der Waals surface area (Å²) in [6, 6.07) is 0. The van der Waals surface area contributed by atoms with Crippen molar-refractivity contribution in [1.29, 1.82) is 5.41 Å². The number of hydrogen-bond donors (Lipinski definition) is 3. The molecule has 4 N–H and O–H groups in total. The second kappa shape index (κ2) is 2.46. The number of carboxylic acid groups (broad SMARTS) is 1. The fourth-order valence-electron chi connectivity index (χ4n) is 0.723. The third kappa shape index (κ3) is 1.07. The number of nitrogens with two attached hydrogens (primary N) is 1. The number of rotatable bonds is 2. The number of carboxylic acids is 1. The second-order valence-corrected chi connectivity index (χ2v) is 2.30. The van der Waals surface area contributed by atoms with Gasteiger partial charge in [0.1, 0.15) is 11.3 Å². The molecule has 1 rings (SSSR count). The average Bonchev–Trinajstić information content (AvgIpc) is 2.40. The molecule has 10 heavy (non-hydrogen) atoms. The lowest BCUT2D eigenvalue weighted by molar-refractivity contribution is -0.140. The van der Waals surface area contributed by atoms with Crippen LogP contribution >= 0.6 is 12.4 Å². The smallest absolute Gasteiger partial charge is 0.317 e. The monoisotopic (exact) mass is 164 g/mol. The van der Waals surface area contributed by atoms with Crippen LogP contribution < -0.4 is 5.73 Å². The van der Waals surface area contributed by atoms with Gasteiger partial charge in [-0.3, -0.25) is 10.2 Å². The summed E-state index contributed by atoms with van der Waals surface area (Å²) in [4.78, 5) is 10.3. The zero-order chi connectivity index (χ0) is 7.07. The standard InChI is InChI=1S/C5H8N2O2.ClH/c6-3(7)5(1-2-5)4(8)9;/h1-2H2,(H3,6,7)(H,8,9);1H. The van der Waals surface area contributed by atoms with Gasteiger partial charge in [-0.2, -0.15) is 0 Å². The van der Waals surface area contributed by atoms with Gasteiger partial charge in [0.25, 0.3) is 0 Å². The van der Waals surface area contributed by atoms with Crippen LogP contribution in [0.5, 0.6) is 0 Å². The van der Waals surface area contributed by atoms with Crippen LogP contribution in [0.1, 0.15) is 12.8 Å². The summed E-state index contributed by atoms with van der Waals surface area (Å²) in [7, 11) is 0. The van der Waals surface area contributed by atoms with E-state index in [9.17, 15) is 4.79 Å². The highest BCUT2D eigenvalue weighted by Gasteiger charge is 2.53. The summed E-state index contributed by atoms with van der Waals surface area (Å²) in [5, 5.41) is 15.3.